The molecule has 0 saturated heterocycles. The Labute approximate surface area is 91.8 Å². The van der Waals surface area contributed by atoms with Crippen molar-refractivity contribution >= 4 is 11.7 Å². The summed E-state index contributed by atoms with van der Waals surface area (Å²) < 4.78 is 1.39. The number of aryl methyl sites for hydroxylation is 1. The molecule has 1 heterocycles. The summed E-state index contributed by atoms with van der Waals surface area (Å²) in [7, 11) is 0. The fraction of sp³-hybridized carbons (Fsp3) is 0.556. The first kappa shape index (κ1) is 12.2. The Morgan fingerprint density at radius 2 is 2.19 bits per heavy atom. The van der Waals surface area contributed by atoms with E-state index in [-0.39, 0.29) is 12.1 Å². The highest BCUT2D eigenvalue weighted by Gasteiger charge is 2.24. The van der Waals surface area contributed by atoms with Gasteiger partial charge in [-0.2, -0.15) is 5.10 Å². The Balaban J connectivity index is 3.12. The number of aromatic nitrogens is 2. The molecule has 1 rings (SSSR count). The standard InChI is InChI=1S/C9H13N3O4/c1-5(4-8(13)14)11-7(3)9(12(15)16)6(2)10-11/h5H,4H2,1-3H3,(H,13,14). The van der Waals surface area contributed by atoms with Gasteiger partial charge in [-0.1, -0.05) is 0 Å². The summed E-state index contributed by atoms with van der Waals surface area (Å²) in [5.74, 6) is -0.956. The quantitative estimate of drug-likeness (QED) is 0.619. The highest BCUT2D eigenvalue weighted by Crippen LogP contribution is 2.25. The largest absolute Gasteiger partial charge is 0.481 e. The minimum Gasteiger partial charge on any atom is -0.481 e. The number of carboxylic acids is 1. The van der Waals surface area contributed by atoms with E-state index in [0.29, 0.717) is 11.4 Å². The Hall–Kier alpha value is -1.92. The molecular formula is C9H13N3O4. The van der Waals surface area contributed by atoms with Crippen LogP contribution in [0.25, 0.3) is 0 Å². The van der Waals surface area contributed by atoms with E-state index < -0.39 is 16.9 Å². The lowest BCUT2D eigenvalue weighted by Gasteiger charge is -2.10. The molecule has 7 nitrogen and oxygen atoms in total. The Morgan fingerprint density at radius 1 is 1.62 bits per heavy atom. The van der Waals surface area contributed by atoms with Crippen molar-refractivity contribution in [2.45, 2.75) is 33.2 Å². The van der Waals surface area contributed by atoms with Crippen molar-refractivity contribution in [2.75, 3.05) is 0 Å². The van der Waals surface area contributed by atoms with Crippen LogP contribution >= 0.6 is 0 Å². The molecule has 88 valence electrons. The third-order valence-electron chi connectivity index (χ3n) is 2.36. The predicted octanol–water partition coefficient (Wildman–Crippen LogP) is 1.44. The van der Waals surface area contributed by atoms with E-state index in [9.17, 15) is 14.9 Å². The van der Waals surface area contributed by atoms with E-state index in [0.717, 1.165) is 0 Å². The number of hydrogen-bond acceptors (Lipinski definition) is 4. The van der Waals surface area contributed by atoms with Gasteiger partial charge < -0.3 is 5.11 Å². The van der Waals surface area contributed by atoms with Crippen molar-refractivity contribution in [3.63, 3.8) is 0 Å². The average molecular weight is 227 g/mol. The SMILES string of the molecule is Cc1nn(C(C)CC(=O)O)c(C)c1[N+](=O)[O-]. The van der Waals surface area contributed by atoms with Crippen molar-refractivity contribution in [1.82, 2.24) is 9.78 Å². The Morgan fingerprint density at radius 3 is 2.56 bits per heavy atom. The van der Waals surface area contributed by atoms with Crippen molar-refractivity contribution < 1.29 is 14.8 Å². The predicted molar refractivity (Wildman–Crippen MR) is 55.3 cm³/mol. The molecule has 1 N–H and O–H groups in total. The lowest BCUT2D eigenvalue weighted by Crippen LogP contribution is -2.13. The number of rotatable bonds is 4. The van der Waals surface area contributed by atoms with Crippen LogP contribution in [0.1, 0.15) is 30.8 Å². The van der Waals surface area contributed by atoms with Crippen LogP contribution in [-0.4, -0.2) is 25.8 Å². The Kier molecular flexibility index (Phi) is 3.26. The molecule has 0 aliphatic rings. The fourth-order valence-corrected chi connectivity index (χ4v) is 1.69. The van der Waals surface area contributed by atoms with Gasteiger partial charge >= 0.3 is 11.7 Å². The summed E-state index contributed by atoms with van der Waals surface area (Å²) in [6.07, 6.45) is -0.112. The van der Waals surface area contributed by atoms with E-state index in [1.165, 1.54) is 11.6 Å². The van der Waals surface area contributed by atoms with E-state index >= 15 is 0 Å². The summed E-state index contributed by atoms with van der Waals surface area (Å²) in [4.78, 5) is 20.8. The summed E-state index contributed by atoms with van der Waals surface area (Å²) in [6, 6.07) is -0.398. The van der Waals surface area contributed by atoms with Crippen LogP contribution in [0.5, 0.6) is 0 Å². The Bertz CT molecular complexity index is 438. The van der Waals surface area contributed by atoms with Gasteiger partial charge in [0.05, 0.1) is 17.4 Å². The van der Waals surface area contributed by atoms with Crippen molar-refractivity contribution in [1.29, 1.82) is 0 Å². The normalized spacial score (nSPS) is 12.4. The molecule has 0 bridgehead atoms. The minimum absolute atomic E-state index is 0.0442. The number of nitrogens with zero attached hydrogens (tertiary/aromatic N) is 3. The van der Waals surface area contributed by atoms with Crippen LogP contribution in [0.4, 0.5) is 5.69 Å². The van der Waals surface area contributed by atoms with Gasteiger partial charge in [0.2, 0.25) is 0 Å². The van der Waals surface area contributed by atoms with Gasteiger partial charge in [-0.3, -0.25) is 19.6 Å². The van der Waals surface area contributed by atoms with Gasteiger partial charge in [-0.25, -0.2) is 0 Å². The summed E-state index contributed by atoms with van der Waals surface area (Å²) in [5.41, 5.74) is 0.647. The second kappa shape index (κ2) is 4.30. The summed E-state index contributed by atoms with van der Waals surface area (Å²) in [6.45, 7) is 4.77. The van der Waals surface area contributed by atoms with Crippen LogP contribution < -0.4 is 0 Å². The van der Waals surface area contributed by atoms with Gasteiger partial charge in [-0.05, 0) is 20.8 Å². The van der Waals surface area contributed by atoms with Crippen molar-refractivity contribution in [3.8, 4) is 0 Å². The maximum atomic E-state index is 10.7. The summed E-state index contributed by atoms with van der Waals surface area (Å²) in [5, 5.41) is 23.4. The van der Waals surface area contributed by atoms with E-state index in [1.807, 2.05) is 0 Å². The molecule has 0 amide bonds. The maximum Gasteiger partial charge on any atom is 0.312 e. The zero-order valence-electron chi connectivity index (χ0n) is 9.30. The number of hydrogen-bond donors (Lipinski definition) is 1. The highest BCUT2D eigenvalue weighted by molar-refractivity contribution is 5.67. The van der Waals surface area contributed by atoms with E-state index in [2.05, 4.69) is 5.10 Å². The number of carboxylic acid groups (broad SMARTS) is 1. The molecule has 1 aromatic heterocycles. The van der Waals surface area contributed by atoms with Gasteiger partial charge in [0, 0.05) is 0 Å². The monoisotopic (exact) mass is 227 g/mol. The molecule has 0 saturated carbocycles. The van der Waals surface area contributed by atoms with Gasteiger partial charge in [0.1, 0.15) is 11.4 Å². The maximum absolute atomic E-state index is 10.7. The van der Waals surface area contributed by atoms with Crippen LogP contribution in [0, 0.1) is 24.0 Å². The highest BCUT2D eigenvalue weighted by atomic mass is 16.6. The lowest BCUT2D eigenvalue weighted by molar-refractivity contribution is -0.386. The first-order valence-electron chi connectivity index (χ1n) is 4.76. The third kappa shape index (κ3) is 2.18. The van der Waals surface area contributed by atoms with E-state index in [1.54, 1.807) is 13.8 Å². The zero-order valence-corrected chi connectivity index (χ0v) is 9.30. The fourth-order valence-electron chi connectivity index (χ4n) is 1.69. The molecule has 0 aromatic carbocycles. The smallest absolute Gasteiger partial charge is 0.312 e. The number of nitro groups is 1. The van der Waals surface area contributed by atoms with Gasteiger partial charge in [-0.15, -0.1) is 0 Å². The average Bonchev–Trinajstić information content (AvgIpc) is 2.40. The van der Waals surface area contributed by atoms with Crippen LogP contribution in [0.15, 0.2) is 0 Å². The van der Waals surface area contributed by atoms with Gasteiger partial charge in [0.15, 0.2) is 0 Å². The molecule has 0 fully saturated rings. The molecule has 0 aliphatic heterocycles. The topological polar surface area (TPSA) is 98.3 Å². The molecule has 0 aliphatic carbocycles. The second-order valence-electron chi connectivity index (χ2n) is 3.67. The van der Waals surface area contributed by atoms with Crippen LogP contribution in [0.2, 0.25) is 0 Å². The minimum atomic E-state index is -0.956. The molecular weight excluding hydrogens is 214 g/mol. The zero-order chi connectivity index (χ0) is 12.5. The van der Waals surface area contributed by atoms with Crippen LogP contribution in [-0.2, 0) is 4.79 Å². The van der Waals surface area contributed by atoms with Crippen LogP contribution in [0.3, 0.4) is 0 Å². The third-order valence-corrected chi connectivity index (χ3v) is 2.36. The molecule has 0 radical (unpaired) electrons. The van der Waals surface area contributed by atoms with Crippen molar-refractivity contribution in [2.24, 2.45) is 0 Å². The number of aliphatic carboxylic acids is 1. The molecule has 1 aromatic rings. The molecule has 7 heteroatoms. The first-order valence-corrected chi connectivity index (χ1v) is 4.76. The van der Waals surface area contributed by atoms with E-state index in [4.69, 9.17) is 5.11 Å². The summed E-state index contributed by atoms with van der Waals surface area (Å²) >= 11 is 0. The molecule has 1 unspecified atom stereocenters. The van der Waals surface area contributed by atoms with Crippen molar-refractivity contribution in [3.05, 3.63) is 21.5 Å². The molecule has 16 heavy (non-hydrogen) atoms. The number of carbonyl (C=O) groups is 1. The van der Waals surface area contributed by atoms with Gasteiger partial charge in [0.25, 0.3) is 0 Å². The molecule has 1 atom stereocenters. The molecule has 0 spiro atoms. The second-order valence-corrected chi connectivity index (χ2v) is 3.67. The lowest BCUT2D eigenvalue weighted by atomic mass is 10.2. The first-order chi connectivity index (χ1) is 7.34.